The zero-order chi connectivity index (χ0) is 13.7. The number of furan rings is 1. The Morgan fingerprint density at radius 3 is 3.16 bits per heavy atom. The highest BCUT2D eigenvalue weighted by molar-refractivity contribution is 8.00. The lowest BCUT2D eigenvalue weighted by atomic mass is 10.4. The molecule has 2 aromatic rings. The number of amides is 1. The minimum Gasteiger partial charge on any atom is -0.459 e. The van der Waals surface area contributed by atoms with Crippen LogP contribution in [0.15, 0.2) is 45.1 Å². The zero-order valence-corrected chi connectivity index (χ0v) is 11.1. The summed E-state index contributed by atoms with van der Waals surface area (Å²) in [5.41, 5.74) is 0. The summed E-state index contributed by atoms with van der Waals surface area (Å²) in [5, 5.41) is 10.4. The van der Waals surface area contributed by atoms with Crippen molar-refractivity contribution in [1.29, 1.82) is 0 Å². The first-order valence-corrected chi connectivity index (χ1v) is 6.51. The number of rotatable bonds is 6. The predicted molar refractivity (Wildman–Crippen MR) is 70.5 cm³/mol. The highest BCUT2D eigenvalue weighted by Gasteiger charge is 2.18. The molecule has 0 aliphatic heterocycles. The first-order chi connectivity index (χ1) is 9.20. The molecule has 0 aliphatic carbocycles. The standard InChI is InChI=1S/C12H13N3O3S/c1-3-6-13-10(16)8(2)19-12-15-14-11(18-12)9-5-4-7-17-9/h3-5,7-8H,1,6H2,2H3,(H,13,16)/t8-/m0/s1. The van der Waals surface area contributed by atoms with Crippen LogP contribution >= 0.6 is 11.8 Å². The van der Waals surface area contributed by atoms with E-state index in [1.165, 1.54) is 18.0 Å². The Morgan fingerprint density at radius 2 is 2.47 bits per heavy atom. The monoisotopic (exact) mass is 279 g/mol. The first-order valence-electron chi connectivity index (χ1n) is 5.63. The molecule has 2 heterocycles. The van der Waals surface area contributed by atoms with E-state index in [9.17, 15) is 4.79 Å². The van der Waals surface area contributed by atoms with Crippen molar-refractivity contribution in [2.75, 3.05) is 6.54 Å². The lowest BCUT2D eigenvalue weighted by Crippen LogP contribution is -2.30. The van der Waals surface area contributed by atoms with E-state index in [1.807, 2.05) is 0 Å². The van der Waals surface area contributed by atoms with Crippen molar-refractivity contribution < 1.29 is 13.6 Å². The van der Waals surface area contributed by atoms with Crippen LogP contribution in [0.25, 0.3) is 11.7 Å². The molecule has 0 fully saturated rings. The molecule has 2 rings (SSSR count). The van der Waals surface area contributed by atoms with E-state index in [0.29, 0.717) is 23.4 Å². The summed E-state index contributed by atoms with van der Waals surface area (Å²) >= 11 is 1.19. The van der Waals surface area contributed by atoms with E-state index in [2.05, 4.69) is 22.1 Å². The minimum atomic E-state index is -0.329. The molecule has 1 N–H and O–H groups in total. The van der Waals surface area contributed by atoms with Gasteiger partial charge in [0, 0.05) is 6.54 Å². The molecule has 0 bridgehead atoms. The lowest BCUT2D eigenvalue weighted by Gasteiger charge is -2.07. The van der Waals surface area contributed by atoms with Crippen LogP contribution in [0.1, 0.15) is 6.92 Å². The van der Waals surface area contributed by atoms with Gasteiger partial charge in [0.05, 0.1) is 11.5 Å². The van der Waals surface area contributed by atoms with Crippen molar-refractivity contribution >= 4 is 17.7 Å². The zero-order valence-electron chi connectivity index (χ0n) is 10.3. The van der Waals surface area contributed by atoms with Gasteiger partial charge in [0.15, 0.2) is 5.76 Å². The molecule has 7 heteroatoms. The van der Waals surface area contributed by atoms with Crippen LogP contribution in [-0.2, 0) is 4.79 Å². The van der Waals surface area contributed by atoms with Crippen LogP contribution < -0.4 is 5.32 Å². The molecule has 0 spiro atoms. The van der Waals surface area contributed by atoms with Gasteiger partial charge in [-0.2, -0.15) is 0 Å². The number of carbonyl (C=O) groups is 1. The van der Waals surface area contributed by atoms with E-state index in [-0.39, 0.29) is 11.2 Å². The Bertz CT molecular complexity index is 550. The molecule has 100 valence electrons. The van der Waals surface area contributed by atoms with Gasteiger partial charge in [0.25, 0.3) is 11.1 Å². The molecule has 19 heavy (non-hydrogen) atoms. The molecule has 0 saturated carbocycles. The van der Waals surface area contributed by atoms with Crippen LogP contribution in [0.4, 0.5) is 0 Å². The van der Waals surface area contributed by atoms with Crippen LogP contribution in [0, 0.1) is 0 Å². The van der Waals surface area contributed by atoms with Gasteiger partial charge >= 0.3 is 0 Å². The van der Waals surface area contributed by atoms with Gasteiger partial charge in [-0.25, -0.2) is 0 Å². The number of aromatic nitrogens is 2. The smallest absolute Gasteiger partial charge is 0.284 e. The van der Waals surface area contributed by atoms with Gasteiger partial charge in [-0.3, -0.25) is 4.79 Å². The maximum atomic E-state index is 11.7. The summed E-state index contributed by atoms with van der Waals surface area (Å²) in [4.78, 5) is 11.7. The SMILES string of the molecule is C=CCNC(=O)[C@H](C)Sc1nnc(-c2ccco2)o1. The molecule has 0 radical (unpaired) electrons. The van der Waals surface area contributed by atoms with Crippen LogP contribution in [-0.4, -0.2) is 27.9 Å². The second-order valence-corrected chi connectivity index (χ2v) is 4.94. The first kappa shape index (κ1) is 13.4. The topological polar surface area (TPSA) is 81.2 Å². The number of thioether (sulfide) groups is 1. The van der Waals surface area contributed by atoms with Gasteiger partial charge in [0.1, 0.15) is 0 Å². The third kappa shape index (κ3) is 3.47. The molecular formula is C12H13N3O3S. The molecular weight excluding hydrogens is 266 g/mol. The molecule has 0 saturated heterocycles. The van der Waals surface area contributed by atoms with E-state index < -0.39 is 0 Å². The largest absolute Gasteiger partial charge is 0.459 e. The number of nitrogens with zero attached hydrogens (tertiary/aromatic N) is 2. The molecule has 1 atom stereocenters. The quantitative estimate of drug-likeness (QED) is 0.644. The number of hydrogen-bond donors (Lipinski definition) is 1. The van der Waals surface area contributed by atoms with Crippen molar-refractivity contribution in [3.05, 3.63) is 31.1 Å². The van der Waals surface area contributed by atoms with Crippen molar-refractivity contribution in [3.8, 4) is 11.7 Å². The average Bonchev–Trinajstić information content (AvgIpc) is 3.05. The third-order valence-corrected chi connectivity index (χ3v) is 3.14. The fourth-order valence-electron chi connectivity index (χ4n) is 1.28. The fourth-order valence-corrected chi connectivity index (χ4v) is 1.99. The second-order valence-electron chi connectivity index (χ2n) is 3.64. The summed E-state index contributed by atoms with van der Waals surface area (Å²) in [6.45, 7) is 5.73. The highest BCUT2D eigenvalue weighted by Crippen LogP contribution is 2.26. The van der Waals surface area contributed by atoms with Crippen LogP contribution in [0.5, 0.6) is 0 Å². The summed E-state index contributed by atoms with van der Waals surface area (Å²) in [5.74, 6) is 0.692. The highest BCUT2D eigenvalue weighted by atomic mass is 32.2. The summed E-state index contributed by atoms with van der Waals surface area (Å²) in [6.07, 6.45) is 3.15. The van der Waals surface area contributed by atoms with Gasteiger partial charge in [0.2, 0.25) is 5.91 Å². The minimum absolute atomic E-state index is 0.109. The molecule has 0 unspecified atom stereocenters. The maximum Gasteiger partial charge on any atom is 0.284 e. The summed E-state index contributed by atoms with van der Waals surface area (Å²) in [6, 6.07) is 3.46. The van der Waals surface area contributed by atoms with Gasteiger partial charge in [-0.1, -0.05) is 17.8 Å². The second kappa shape index (κ2) is 6.24. The Hall–Kier alpha value is -2.02. The van der Waals surface area contributed by atoms with Crippen molar-refractivity contribution in [2.24, 2.45) is 0 Å². The molecule has 0 aliphatic rings. The van der Waals surface area contributed by atoms with Crippen molar-refractivity contribution in [1.82, 2.24) is 15.5 Å². The summed E-state index contributed by atoms with van der Waals surface area (Å²) < 4.78 is 10.5. The lowest BCUT2D eigenvalue weighted by molar-refractivity contribution is -0.120. The Labute approximate surface area is 114 Å². The Balaban J connectivity index is 1.96. The number of hydrogen-bond acceptors (Lipinski definition) is 6. The number of carbonyl (C=O) groups excluding carboxylic acids is 1. The molecule has 0 aromatic carbocycles. The molecule has 1 amide bonds. The Morgan fingerprint density at radius 1 is 1.63 bits per heavy atom. The van der Waals surface area contributed by atoms with Gasteiger partial charge in [-0.05, 0) is 19.1 Å². The van der Waals surface area contributed by atoms with E-state index in [0.717, 1.165) is 0 Å². The van der Waals surface area contributed by atoms with E-state index in [4.69, 9.17) is 8.83 Å². The van der Waals surface area contributed by atoms with Gasteiger partial charge in [-0.15, -0.1) is 16.8 Å². The van der Waals surface area contributed by atoms with E-state index >= 15 is 0 Å². The summed E-state index contributed by atoms with van der Waals surface area (Å²) in [7, 11) is 0. The normalized spacial score (nSPS) is 12.1. The van der Waals surface area contributed by atoms with Crippen LogP contribution in [0.2, 0.25) is 0 Å². The van der Waals surface area contributed by atoms with Gasteiger partial charge < -0.3 is 14.2 Å². The number of nitrogens with one attached hydrogen (secondary N) is 1. The molecule has 2 aromatic heterocycles. The fraction of sp³-hybridized carbons (Fsp3) is 0.250. The maximum absolute atomic E-state index is 11.7. The van der Waals surface area contributed by atoms with Crippen molar-refractivity contribution in [3.63, 3.8) is 0 Å². The molecule has 6 nitrogen and oxygen atoms in total. The van der Waals surface area contributed by atoms with E-state index in [1.54, 1.807) is 25.1 Å². The van der Waals surface area contributed by atoms with Crippen molar-refractivity contribution in [2.45, 2.75) is 17.4 Å². The Kier molecular flexibility index (Phi) is 4.40. The van der Waals surface area contributed by atoms with Crippen LogP contribution in [0.3, 0.4) is 0 Å². The predicted octanol–water partition coefficient (Wildman–Crippen LogP) is 2.11. The third-order valence-electron chi connectivity index (χ3n) is 2.21. The average molecular weight is 279 g/mol.